The minimum atomic E-state index is -0.892. The number of hydrogen-bond donors (Lipinski definition) is 2. The van der Waals surface area contributed by atoms with Crippen LogP contribution in [-0.2, 0) is 0 Å². The Kier molecular flexibility index (Phi) is 2.67. The van der Waals surface area contributed by atoms with Crippen molar-refractivity contribution in [3.8, 4) is 0 Å². The van der Waals surface area contributed by atoms with Gasteiger partial charge in [0, 0.05) is 11.8 Å². The van der Waals surface area contributed by atoms with Gasteiger partial charge in [-0.05, 0) is 36.8 Å². The normalized spacial score (nSPS) is 10.9. The number of anilines is 2. The van der Waals surface area contributed by atoms with E-state index in [2.05, 4.69) is 15.3 Å². The van der Waals surface area contributed by atoms with Gasteiger partial charge < -0.3 is 10.3 Å². The van der Waals surface area contributed by atoms with Gasteiger partial charge in [0.25, 0.3) is 0 Å². The molecule has 0 bridgehead atoms. The van der Waals surface area contributed by atoms with Crippen LogP contribution >= 0.6 is 0 Å². The van der Waals surface area contributed by atoms with Gasteiger partial charge >= 0.3 is 0 Å². The lowest BCUT2D eigenvalue weighted by Crippen LogP contribution is -1.94. The number of aryl methyl sites for hydroxylation is 1. The van der Waals surface area contributed by atoms with E-state index in [0.29, 0.717) is 11.6 Å². The second-order valence-corrected chi connectivity index (χ2v) is 4.36. The SMILES string of the molecule is Cc1ccc2nc(Nc3ccc(F)c(F)c3)[nH]c2c1. The van der Waals surface area contributed by atoms with Gasteiger partial charge in [-0.3, -0.25) is 0 Å². The summed E-state index contributed by atoms with van der Waals surface area (Å²) < 4.78 is 25.9. The van der Waals surface area contributed by atoms with E-state index in [4.69, 9.17) is 0 Å². The van der Waals surface area contributed by atoms with E-state index in [-0.39, 0.29) is 0 Å². The molecule has 96 valence electrons. The van der Waals surface area contributed by atoms with E-state index in [1.165, 1.54) is 6.07 Å². The summed E-state index contributed by atoms with van der Waals surface area (Å²) in [5.74, 6) is -1.27. The topological polar surface area (TPSA) is 40.7 Å². The van der Waals surface area contributed by atoms with Crippen LogP contribution in [0.4, 0.5) is 20.4 Å². The van der Waals surface area contributed by atoms with Gasteiger partial charge in [-0.1, -0.05) is 6.07 Å². The zero-order valence-electron chi connectivity index (χ0n) is 10.2. The van der Waals surface area contributed by atoms with Crippen molar-refractivity contribution < 1.29 is 8.78 Å². The molecule has 2 aromatic carbocycles. The molecule has 0 aliphatic heterocycles. The molecule has 0 saturated carbocycles. The standard InChI is InChI=1S/C14H11F2N3/c1-8-2-5-12-13(6-8)19-14(18-12)17-9-3-4-10(15)11(16)7-9/h2-7H,1H3,(H2,17,18,19). The lowest BCUT2D eigenvalue weighted by Gasteiger charge is -2.02. The Labute approximate surface area is 108 Å². The minimum Gasteiger partial charge on any atom is -0.326 e. The van der Waals surface area contributed by atoms with Crippen molar-refractivity contribution >= 4 is 22.7 Å². The third kappa shape index (κ3) is 2.27. The molecule has 3 nitrogen and oxygen atoms in total. The van der Waals surface area contributed by atoms with E-state index in [9.17, 15) is 8.78 Å². The Balaban J connectivity index is 1.94. The number of benzene rings is 2. The number of nitrogens with one attached hydrogen (secondary N) is 2. The summed E-state index contributed by atoms with van der Waals surface area (Å²) in [7, 11) is 0. The molecule has 0 amide bonds. The molecule has 19 heavy (non-hydrogen) atoms. The summed E-state index contributed by atoms with van der Waals surface area (Å²) in [6.07, 6.45) is 0. The third-order valence-corrected chi connectivity index (χ3v) is 2.82. The van der Waals surface area contributed by atoms with Gasteiger partial charge in [-0.2, -0.15) is 0 Å². The number of aromatic nitrogens is 2. The summed E-state index contributed by atoms with van der Waals surface area (Å²) in [4.78, 5) is 7.40. The maximum absolute atomic E-state index is 13.1. The molecule has 3 rings (SSSR count). The first kappa shape index (κ1) is 11.6. The molecule has 5 heteroatoms. The van der Waals surface area contributed by atoms with Crippen LogP contribution in [0.2, 0.25) is 0 Å². The second-order valence-electron chi connectivity index (χ2n) is 4.36. The van der Waals surface area contributed by atoms with Crippen molar-refractivity contribution in [2.24, 2.45) is 0 Å². The van der Waals surface area contributed by atoms with Crippen LogP contribution in [-0.4, -0.2) is 9.97 Å². The van der Waals surface area contributed by atoms with Gasteiger partial charge in [-0.15, -0.1) is 0 Å². The van der Waals surface area contributed by atoms with E-state index in [1.807, 2.05) is 25.1 Å². The molecule has 0 unspecified atom stereocenters. The number of fused-ring (bicyclic) bond motifs is 1. The maximum atomic E-state index is 13.1. The molecule has 0 saturated heterocycles. The van der Waals surface area contributed by atoms with Crippen LogP contribution < -0.4 is 5.32 Å². The highest BCUT2D eigenvalue weighted by atomic mass is 19.2. The zero-order valence-corrected chi connectivity index (χ0v) is 10.2. The summed E-state index contributed by atoms with van der Waals surface area (Å²) in [6.45, 7) is 1.99. The fourth-order valence-corrected chi connectivity index (χ4v) is 1.89. The average molecular weight is 259 g/mol. The fraction of sp³-hybridized carbons (Fsp3) is 0.0714. The van der Waals surface area contributed by atoms with Crippen LogP contribution in [0.5, 0.6) is 0 Å². The Morgan fingerprint density at radius 1 is 1.05 bits per heavy atom. The summed E-state index contributed by atoms with van der Waals surface area (Å²) in [5.41, 5.74) is 3.27. The Morgan fingerprint density at radius 2 is 1.89 bits per heavy atom. The van der Waals surface area contributed by atoms with Crippen molar-refractivity contribution in [3.05, 3.63) is 53.6 Å². The largest absolute Gasteiger partial charge is 0.326 e. The molecule has 0 radical (unpaired) electrons. The van der Waals surface area contributed by atoms with Crippen molar-refractivity contribution in [1.82, 2.24) is 9.97 Å². The van der Waals surface area contributed by atoms with Crippen LogP contribution in [0, 0.1) is 18.6 Å². The quantitative estimate of drug-likeness (QED) is 0.733. The lowest BCUT2D eigenvalue weighted by atomic mass is 10.2. The number of imidazole rings is 1. The highest BCUT2D eigenvalue weighted by molar-refractivity contribution is 5.79. The van der Waals surface area contributed by atoms with Crippen LogP contribution in [0.1, 0.15) is 5.56 Å². The maximum Gasteiger partial charge on any atom is 0.205 e. The van der Waals surface area contributed by atoms with E-state index < -0.39 is 11.6 Å². The number of halogens is 2. The Morgan fingerprint density at radius 3 is 2.68 bits per heavy atom. The molecule has 0 fully saturated rings. The minimum absolute atomic E-state index is 0.440. The van der Waals surface area contributed by atoms with Crippen molar-refractivity contribution in [2.45, 2.75) is 6.92 Å². The van der Waals surface area contributed by atoms with Crippen molar-refractivity contribution in [3.63, 3.8) is 0 Å². The number of hydrogen-bond acceptors (Lipinski definition) is 2. The summed E-state index contributed by atoms with van der Waals surface area (Å²) in [6, 6.07) is 9.45. The van der Waals surface area contributed by atoms with Gasteiger partial charge in [0.15, 0.2) is 11.6 Å². The van der Waals surface area contributed by atoms with Gasteiger partial charge in [0.05, 0.1) is 11.0 Å². The molecule has 3 aromatic rings. The smallest absolute Gasteiger partial charge is 0.205 e. The second kappa shape index (κ2) is 4.35. The van der Waals surface area contributed by atoms with Crippen LogP contribution in [0.3, 0.4) is 0 Å². The molecule has 0 aliphatic rings. The highest BCUT2D eigenvalue weighted by Crippen LogP contribution is 2.20. The molecule has 0 spiro atoms. The highest BCUT2D eigenvalue weighted by Gasteiger charge is 2.06. The summed E-state index contributed by atoms with van der Waals surface area (Å²) in [5, 5.41) is 2.91. The molecule has 2 N–H and O–H groups in total. The average Bonchev–Trinajstić information content (AvgIpc) is 2.75. The molecular weight excluding hydrogens is 248 g/mol. The van der Waals surface area contributed by atoms with Crippen LogP contribution in [0.25, 0.3) is 11.0 Å². The molecular formula is C14H11F2N3. The number of nitrogens with zero attached hydrogens (tertiary/aromatic N) is 1. The van der Waals surface area contributed by atoms with Gasteiger partial charge in [0.1, 0.15) is 0 Å². The van der Waals surface area contributed by atoms with E-state index in [1.54, 1.807) is 0 Å². The molecule has 1 aromatic heterocycles. The van der Waals surface area contributed by atoms with Gasteiger partial charge in [-0.25, -0.2) is 13.8 Å². The van der Waals surface area contributed by atoms with Crippen molar-refractivity contribution in [1.29, 1.82) is 0 Å². The first-order chi connectivity index (χ1) is 9.11. The third-order valence-electron chi connectivity index (χ3n) is 2.82. The number of rotatable bonds is 2. The van der Waals surface area contributed by atoms with Crippen molar-refractivity contribution in [2.75, 3.05) is 5.32 Å². The zero-order chi connectivity index (χ0) is 13.4. The predicted molar refractivity (Wildman–Crippen MR) is 70.5 cm³/mol. The lowest BCUT2D eigenvalue weighted by molar-refractivity contribution is 0.509. The first-order valence-corrected chi connectivity index (χ1v) is 5.80. The number of H-pyrrole nitrogens is 1. The summed E-state index contributed by atoms with van der Waals surface area (Å²) >= 11 is 0. The molecule has 0 aliphatic carbocycles. The van der Waals surface area contributed by atoms with Gasteiger partial charge in [0.2, 0.25) is 5.95 Å². The fourth-order valence-electron chi connectivity index (χ4n) is 1.89. The molecule has 0 atom stereocenters. The number of aromatic amines is 1. The monoisotopic (exact) mass is 259 g/mol. The Bertz CT molecular complexity index is 750. The predicted octanol–water partition coefficient (Wildman–Crippen LogP) is 3.89. The first-order valence-electron chi connectivity index (χ1n) is 5.80. The van der Waals surface area contributed by atoms with Crippen LogP contribution in [0.15, 0.2) is 36.4 Å². The Hall–Kier alpha value is -2.43. The molecule has 1 heterocycles. The van der Waals surface area contributed by atoms with E-state index in [0.717, 1.165) is 28.7 Å². The van der Waals surface area contributed by atoms with E-state index >= 15 is 0 Å².